The molecule has 1 aromatic carbocycles. The molecule has 0 spiro atoms. The van der Waals surface area contributed by atoms with E-state index in [1.54, 1.807) is 18.0 Å². The molecular weight excluding hydrogens is 295 g/mol. The molecule has 0 aliphatic carbocycles. The van der Waals surface area contributed by atoms with Crippen molar-refractivity contribution in [2.45, 2.75) is 25.9 Å². The number of hydrogen-bond donors (Lipinski definition) is 1. The van der Waals surface area contributed by atoms with Crippen molar-refractivity contribution in [3.63, 3.8) is 0 Å². The highest BCUT2D eigenvalue weighted by Crippen LogP contribution is 2.26. The van der Waals surface area contributed by atoms with Crippen molar-refractivity contribution in [2.24, 2.45) is 5.73 Å². The van der Waals surface area contributed by atoms with Gasteiger partial charge in [-0.1, -0.05) is 42.3 Å². The topological polar surface area (TPSA) is 46.3 Å². The third kappa shape index (κ3) is 4.32. The van der Waals surface area contributed by atoms with Crippen molar-refractivity contribution in [1.29, 1.82) is 0 Å². The van der Waals surface area contributed by atoms with Crippen molar-refractivity contribution in [3.8, 4) is 0 Å². The molecule has 0 bridgehead atoms. The summed E-state index contributed by atoms with van der Waals surface area (Å²) in [5, 5.41) is 0.976. The molecule has 0 aromatic heterocycles. The monoisotopic (exact) mass is 310 g/mol. The van der Waals surface area contributed by atoms with Crippen LogP contribution in [0.3, 0.4) is 0 Å². The largest absolute Gasteiger partial charge is 0.340 e. The van der Waals surface area contributed by atoms with Crippen LogP contribution in [0.5, 0.6) is 0 Å². The Bertz CT molecular complexity index is 412. The van der Waals surface area contributed by atoms with Crippen LogP contribution in [0.2, 0.25) is 10.0 Å². The van der Waals surface area contributed by atoms with Crippen molar-refractivity contribution >= 4 is 41.5 Å². The van der Waals surface area contributed by atoms with Crippen LogP contribution in [0.25, 0.3) is 0 Å². The standard InChI is InChI=1S/C12H16Cl2N2O.ClH/c1-3-10(15)12(17)16(2)7-8-5-4-6-9(13)11(8)14;/h4-6,10H,3,7,15H2,1-2H3;1H/t10-;/m0./s1. The first-order chi connectivity index (χ1) is 7.97. The van der Waals surface area contributed by atoms with E-state index >= 15 is 0 Å². The second kappa shape index (κ2) is 7.85. The van der Waals surface area contributed by atoms with Gasteiger partial charge in [-0.2, -0.15) is 0 Å². The highest BCUT2D eigenvalue weighted by Gasteiger charge is 2.17. The van der Waals surface area contributed by atoms with Crippen LogP contribution in [0, 0.1) is 0 Å². The van der Waals surface area contributed by atoms with Gasteiger partial charge in [0.1, 0.15) is 0 Å². The van der Waals surface area contributed by atoms with Gasteiger partial charge in [-0.05, 0) is 18.1 Å². The van der Waals surface area contributed by atoms with Gasteiger partial charge in [0, 0.05) is 13.6 Å². The van der Waals surface area contributed by atoms with Gasteiger partial charge in [0.2, 0.25) is 5.91 Å². The van der Waals surface area contributed by atoms with Gasteiger partial charge in [-0.15, -0.1) is 12.4 Å². The van der Waals surface area contributed by atoms with E-state index in [1.807, 2.05) is 19.1 Å². The Balaban J connectivity index is 0.00000289. The van der Waals surface area contributed by atoms with Gasteiger partial charge in [-0.25, -0.2) is 0 Å². The highest BCUT2D eigenvalue weighted by molar-refractivity contribution is 6.42. The molecule has 3 nitrogen and oxygen atoms in total. The zero-order valence-corrected chi connectivity index (χ0v) is 12.6. The minimum absolute atomic E-state index is 0. The van der Waals surface area contributed by atoms with Crippen LogP contribution in [0.4, 0.5) is 0 Å². The second-order valence-electron chi connectivity index (χ2n) is 3.92. The minimum atomic E-state index is -0.460. The lowest BCUT2D eigenvalue weighted by molar-refractivity contribution is -0.131. The van der Waals surface area contributed by atoms with Crippen LogP contribution in [-0.4, -0.2) is 23.9 Å². The number of halogens is 3. The predicted molar refractivity (Wildman–Crippen MR) is 78.5 cm³/mol. The van der Waals surface area contributed by atoms with Crippen molar-refractivity contribution < 1.29 is 4.79 Å². The number of amides is 1. The third-order valence-electron chi connectivity index (χ3n) is 2.57. The maximum Gasteiger partial charge on any atom is 0.239 e. The van der Waals surface area contributed by atoms with Crippen molar-refractivity contribution in [1.82, 2.24) is 4.90 Å². The number of likely N-dealkylation sites (N-methyl/N-ethyl adjacent to an activating group) is 1. The summed E-state index contributed by atoms with van der Waals surface area (Å²) < 4.78 is 0. The fourth-order valence-corrected chi connectivity index (χ4v) is 1.84. The Morgan fingerprint density at radius 1 is 1.44 bits per heavy atom. The molecule has 0 unspecified atom stereocenters. The van der Waals surface area contributed by atoms with Crippen LogP contribution < -0.4 is 5.73 Å². The van der Waals surface area contributed by atoms with Crippen molar-refractivity contribution in [3.05, 3.63) is 33.8 Å². The lowest BCUT2D eigenvalue weighted by Crippen LogP contribution is -2.40. The third-order valence-corrected chi connectivity index (χ3v) is 3.43. The lowest BCUT2D eigenvalue weighted by Gasteiger charge is -2.21. The van der Waals surface area contributed by atoms with Gasteiger partial charge < -0.3 is 10.6 Å². The van der Waals surface area contributed by atoms with E-state index in [4.69, 9.17) is 28.9 Å². The average Bonchev–Trinajstić information content (AvgIpc) is 2.32. The first-order valence-electron chi connectivity index (χ1n) is 5.40. The summed E-state index contributed by atoms with van der Waals surface area (Å²) in [7, 11) is 1.70. The van der Waals surface area contributed by atoms with Crippen LogP contribution >= 0.6 is 35.6 Å². The Labute approximate surface area is 124 Å². The number of carbonyl (C=O) groups is 1. The Kier molecular flexibility index (Phi) is 7.64. The van der Waals surface area contributed by atoms with Gasteiger partial charge in [0.25, 0.3) is 0 Å². The lowest BCUT2D eigenvalue weighted by atomic mass is 10.1. The predicted octanol–water partition coefficient (Wildman–Crippen LogP) is 3.11. The number of rotatable bonds is 4. The van der Waals surface area contributed by atoms with Gasteiger partial charge in [-0.3, -0.25) is 4.79 Å². The normalized spacial score (nSPS) is 11.6. The summed E-state index contributed by atoms with van der Waals surface area (Å²) in [4.78, 5) is 13.4. The quantitative estimate of drug-likeness (QED) is 0.928. The Morgan fingerprint density at radius 3 is 2.61 bits per heavy atom. The first-order valence-corrected chi connectivity index (χ1v) is 6.16. The first kappa shape index (κ1) is 17.5. The molecular formula is C12H17Cl3N2O. The molecule has 1 atom stereocenters. The number of hydrogen-bond acceptors (Lipinski definition) is 2. The second-order valence-corrected chi connectivity index (χ2v) is 4.71. The van der Waals surface area contributed by atoms with E-state index in [2.05, 4.69) is 0 Å². The maximum atomic E-state index is 11.8. The smallest absolute Gasteiger partial charge is 0.239 e. The number of nitrogens with two attached hydrogens (primary N) is 1. The van der Waals surface area contributed by atoms with Crippen LogP contribution in [0.15, 0.2) is 18.2 Å². The summed E-state index contributed by atoms with van der Waals surface area (Å²) in [5.41, 5.74) is 6.51. The summed E-state index contributed by atoms with van der Waals surface area (Å²) >= 11 is 12.0. The molecule has 0 saturated carbocycles. The molecule has 0 heterocycles. The summed E-state index contributed by atoms with van der Waals surface area (Å²) in [6, 6.07) is 4.90. The molecule has 0 saturated heterocycles. The molecule has 1 rings (SSSR count). The maximum absolute atomic E-state index is 11.8. The van der Waals surface area contributed by atoms with Crippen LogP contribution in [0.1, 0.15) is 18.9 Å². The van der Waals surface area contributed by atoms with E-state index < -0.39 is 6.04 Å². The summed E-state index contributed by atoms with van der Waals surface area (Å²) in [5.74, 6) is -0.0939. The molecule has 0 aliphatic rings. The van der Waals surface area contributed by atoms with E-state index in [9.17, 15) is 4.79 Å². The molecule has 1 amide bonds. The Morgan fingerprint density at radius 2 is 2.06 bits per heavy atom. The van der Waals surface area contributed by atoms with E-state index in [1.165, 1.54) is 0 Å². The molecule has 0 fully saturated rings. The zero-order chi connectivity index (χ0) is 13.0. The molecule has 2 N–H and O–H groups in total. The number of benzene rings is 1. The fourth-order valence-electron chi connectivity index (χ4n) is 1.46. The molecule has 0 radical (unpaired) electrons. The van der Waals surface area contributed by atoms with E-state index in [0.717, 1.165) is 5.56 Å². The van der Waals surface area contributed by atoms with Crippen molar-refractivity contribution in [2.75, 3.05) is 7.05 Å². The van der Waals surface area contributed by atoms with Gasteiger partial charge in [0.15, 0.2) is 0 Å². The van der Waals surface area contributed by atoms with Crippen LogP contribution in [-0.2, 0) is 11.3 Å². The average molecular weight is 312 g/mol. The molecule has 0 aliphatic heterocycles. The fraction of sp³-hybridized carbons (Fsp3) is 0.417. The Hall–Kier alpha value is -0.480. The van der Waals surface area contributed by atoms with Gasteiger partial charge in [0.05, 0.1) is 16.1 Å². The minimum Gasteiger partial charge on any atom is -0.340 e. The molecule has 102 valence electrons. The SMILES string of the molecule is CC[C@H](N)C(=O)N(C)Cc1cccc(Cl)c1Cl.Cl. The molecule has 6 heteroatoms. The van der Waals surface area contributed by atoms with Gasteiger partial charge >= 0.3 is 0 Å². The highest BCUT2D eigenvalue weighted by atomic mass is 35.5. The zero-order valence-electron chi connectivity index (χ0n) is 10.3. The number of nitrogens with zero attached hydrogens (tertiary/aromatic N) is 1. The summed E-state index contributed by atoms with van der Waals surface area (Å²) in [6.07, 6.45) is 0.618. The molecule has 18 heavy (non-hydrogen) atoms. The number of carbonyl (C=O) groups excluding carboxylic acids is 1. The summed E-state index contributed by atoms with van der Waals surface area (Å²) in [6.45, 7) is 2.29. The van der Waals surface area contributed by atoms with E-state index in [-0.39, 0.29) is 18.3 Å². The van der Waals surface area contributed by atoms with E-state index in [0.29, 0.717) is 23.0 Å². The molecule has 1 aromatic rings.